The first-order chi connectivity index (χ1) is 21.2. The maximum Gasteiger partial charge on any atom is 0.472 e. The molecule has 2 saturated heterocycles. The summed E-state index contributed by atoms with van der Waals surface area (Å²) in [4.78, 5) is 75.3. The van der Waals surface area contributed by atoms with Gasteiger partial charge >= 0.3 is 20.2 Å². The minimum Gasteiger partial charge on any atom is -0.387 e. The van der Waals surface area contributed by atoms with Gasteiger partial charge in [0.2, 0.25) is 5.95 Å². The van der Waals surface area contributed by atoms with Gasteiger partial charge in [0.05, 0.1) is 25.6 Å². The molecule has 2 aliphatic rings. The van der Waals surface area contributed by atoms with E-state index in [0.29, 0.717) is 12.8 Å². The lowest BCUT2D eigenvalue weighted by Gasteiger charge is -2.24. The van der Waals surface area contributed by atoms with E-state index in [0.717, 1.165) is 10.9 Å². The number of nitrogens with one attached hydrogen (secondary N) is 2. The molecular weight excluding hydrogens is 666 g/mol. The molecule has 25 heteroatoms. The van der Waals surface area contributed by atoms with Crippen LogP contribution in [0.25, 0.3) is 22.3 Å². The highest BCUT2D eigenvalue weighted by Gasteiger charge is 2.50. The van der Waals surface area contributed by atoms with E-state index in [2.05, 4.69) is 41.7 Å². The topological polar surface area (TPSA) is 323 Å². The van der Waals surface area contributed by atoms with Gasteiger partial charge < -0.3 is 50.2 Å². The van der Waals surface area contributed by atoms with E-state index < -0.39 is 75.9 Å². The first-order valence-electron chi connectivity index (χ1n) is 13.0. The number of phosphoric ester groups is 1. The molecule has 0 aromatic carbocycles. The Balaban J connectivity index is 1.18. The predicted octanol–water partition coefficient (Wildman–Crippen LogP) is -1.92. The monoisotopic (exact) mass is 692 g/mol. The minimum absolute atomic E-state index is 0.0183. The van der Waals surface area contributed by atoms with Crippen LogP contribution in [0.5, 0.6) is 0 Å². The SMILES string of the molecule is Nc1nc2c(ncn2[C@H]2CC[C@@H](COP(=O)(O)OC3[C@H](n4c(=O)[nH]c5c(N)ncnc54)O[C@H](COP(O)(O)=S)[C@H]3O)O2)c(=O)[nH]1. The lowest BCUT2D eigenvalue weighted by molar-refractivity contribution is -0.0537. The fourth-order valence-corrected chi connectivity index (χ4v) is 6.54. The van der Waals surface area contributed by atoms with Crippen LogP contribution >= 0.6 is 14.5 Å². The molecule has 0 amide bonds. The molecule has 0 radical (unpaired) electrons. The van der Waals surface area contributed by atoms with Crippen molar-refractivity contribution in [3.63, 3.8) is 0 Å². The molecule has 0 spiro atoms. The van der Waals surface area contributed by atoms with Crippen LogP contribution < -0.4 is 22.7 Å². The number of phosphoric acid groups is 1. The number of imidazole rings is 2. The summed E-state index contributed by atoms with van der Waals surface area (Å²) >= 11 is 4.43. The zero-order chi connectivity index (χ0) is 32.3. The average Bonchev–Trinajstić information content (AvgIpc) is 3.72. The van der Waals surface area contributed by atoms with Crippen LogP contribution in [-0.2, 0) is 39.4 Å². The molecule has 0 saturated carbocycles. The zero-order valence-electron chi connectivity index (χ0n) is 22.6. The number of nitrogen functional groups attached to an aromatic ring is 2. The molecule has 4 aromatic heterocycles. The Labute approximate surface area is 254 Å². The number of fused-ring (bicyclic) bond motifs is 2. The number of aromatic amines is 2. The number of hydrogen-bond donors (Lipinski definition) is 8. The number of rotatable bonds is 10. The third kappa shape index (κ3) is 6.43. The summed E-state index contributed by atoms with van der Waals surface area (Å²) in [5.41, 5.74) is 10.3. The lowest BCUT2D eigenvalue weighted by atomic mass is 10.1. The molecule has 6 rings (SSSR count). The molecule has 2 fully saturated rings. The number of nitrogens with zero attached hydrogens (tertiary/aromatic N) is 6. The quantitative estimate of drug-likeness (QED) is 0.0840. The Morgan fingerprint density at radius 1 is 1.07 bits per heavy atom. The van der Waals surface area contributed by atoms with Gasteiger partial charge in [-0.2, -0.15) is 4.98 Å². The van der Waals surface area contributed by atoms with Crippen molar-refractivity contribution in [3.05, 3.63) is 33.5 Å². The molecule has 45 heavy (non-hydrogen) atoms. The molecule has 0 bridgehead atoms. The summed E-state index contributed by atoms with van der Waals surface area (Å²) in [5.74, 6) is -0.201. The molecule has 2 unspecified atom stereocenters. The summed E-state index contributed by atoms with van der Waals surface area (Å²) in [6.45, 7) is -5.31. The Morgan fingerprint density at radius 3 is 2.60 bits per heavy atom. The highest BCUT2D eigenvalue weighted by atomic mass is 32.5. The molecule has 2 aliphatic heterocycles. The van der Waals surface area contributed by atoms with Crippen LogP contribution in [0.2, 0.25) is 0 Å². The lowest BCUT2D eigenvalue weighted by Crippen LogP contribution is -2.37. The van der Waals surface area contributed by atoms with Crippen LogP contribution in [0.15, 0.2) is 22.2 Å². The molecule has 7 atom stereocenters. The van der Waals surface area contributed by atoms with Gasteiger partial charge in [-0.1, -0.05) is 0 Å². The van der Waals surface area contributed by atoms with Gasteiger partial charge in [-0.25, -0.2) is 28.9 Å². The normalized spacial score (nSPS) is 27.0. The fraction of sp³-hybridized carbons (Fsp3) is 0.500. The van der Waals surface area contributed by atoms with E-state index in [1.807, 2.05) is 0 Å². The van der Waals surface area contributed by atoms with Crippen LogP contribution in [0, 0.1) is 0 Å². The smallest absolute Gasteiger partial charge is 0.387 e. The van der Waals surface area contributed by atoms with Crippen molar-refractivity contribution in [1.29, 1.82) is 0 Å². The Hall–Kier alpha value is -3.18. The Bertz CT molecular complexity index is 1960. The van der Waals surface area contributed by atoms with Crippen molar-refractivity contribution in [2.75, 3.05) is 24.7 Å². The second-order valence-electron chi connectivity index (χ2n) is 10.00. The standard InChI is InChI=1S/C20H26N10O12P2S/c21-14-10-15(24-5-23-14)30(20(33)26-10)18-13(12(31)8(41-18)4-39-44(36,37)45)42-43(34,35)38-3-7-1-2-9(40-7)29-6-25-11-16(29)27-19(22)28-17(11)32/h5-9,12-13,18,31H,1-4H2,(H,26,33)(H,34,35)(H2,21,23,24)(H2,36,37,45)(H3,22,27,28,32)/t7-,8+,9+,12+,13?,18+/m0/s1. The molecule has 244 valence electrons. The molecule has 4 aromatic rings. The third-order valence-electron chi connectivity index (χ3n) is 7.03. The van der Waals surface area contributed by atoms with Crippen LogP contribution in [0.3, 0.4) is 0 Å². The predicted molar refractivity (Wildman–Crippen MR) is 154 cm³/mol. The van der Waals surface area contributed by atoms with E-state index in [1.54, 1.807) is 0 Å². The molecule has 10 N–H and O–H groups in total. The summed E-state index contributed by atoms with van der Waals surface area (Å²) in [6, 6.07) is 0. The van der Waals surface area contributed by atoms with Crippen LogP contribution in [-0.4, -0.2) is 96.5 Å². The highest BCUT2D eigenvalue weighted by Crippen LogP contribution is 2.50. The van der Waals surface area contributed by atoms with Crippen molar-refractivity contribution in [2.24, 2.45) is 0 Å². The minimum atomic E-state index is -5.02. The summed E-state index contributed by atoms with van der Waals surface area (Å²) in [6.07, 6.45) is -4.76. The van der Waals surface area contributed by atoms with E-state index in [4.69, 9.17) is 34.5 Å². The Morgan fingerprint density at radius 2 is 1.84 bits per heavy atom. The second-order valence-corrected chi connectivity index (χ2v) is 14.1. The molecule has 0 aliphatic carbocycles. The van der Waals surface area contributed by atoms with Gasteiger partial charge in [-0.15, -0.1) is 0 Å². The van der Waals surface area contributed by atoms with Crippen LogP contribution in [0.1, 0.15) is 25.3 Å². The largest absolute Gasteiger partial charge is 0.472 e. The number of aliphatic hydroxyl groups excluding tert-OH is 1. The van der Waals surface area contributed by atoms with Crippen molar-refractivity contribution in [1.82, 2.24) is 39.0 Å². The van der Waals surface area contributed by atoms with Gasteiger partial charge in [-0.3, -0.25) is 23.4 Å². The van der Waals surface area contributed by atoms with Gasteiger partial charge in [0.25, 0.3) is 5.56 Å². The zero-order valence-corrected chi connectivity index (χ0v) is 25.2. The third-order valence-corrected chi connectivity index (χ3v) is 8.82. The molecular formula is C20H26N10O12P2S. The first kappa shape index (κ1) is 31.8. The number of hydrogen-bond acceptors (Lipinski definition) is 16. The van der Waals surface area contributed by atoms with E-state index in [-0.39, 0.29) is 34.1 Å². The average molecular weight is 693 g/mol. The fourth-order valence-electron chi connectivity index (χ4n) is 5.07. The van der Waals surface area contributed by atoms with E-state index in [9.17, 15) is 33.9 Å². The summed E-state index contributed by atoms with van der Waals surface area (Å²) < 4.78 is 42.4. The maximum absolute atomic E-state index is 13.1. The van der Waals surface area contributed by atoms with Gasteiger partial charge in [0.1, 0.15) is 36.4 Å². The van der Waals surface area contributed by atoms with Crippen LogP contribution in [0.4, 0.5) is 11.8 Å². The number of H-pyrrole nitrogens is 2. The van der Waals surface area contributed by atoms with Crippen molar-refractivity contribution in [3.8, 4) is 0 Å². The first-order valence-corrected chi connectivity index (χ1v) is 17.1. The summed E-state index contributed by atoms with van der Waals surface area (Å²) in [5, 5.41) is 11.0. The van der Waals surface area contributed by atoms with E-state index in [1.165, 1.54) is 10.9 Å². The number of ether oxygens (including phenoxy) is 2. The van der Waals surface area contributed by atoms with Gasteiger partial charge in [0, 0.05) is 0 Å². The second kappa shape index (κ2) is 11.9. The van der Waals surface area contributed by atoms with Gasteiger partial charge in [-0.05, 0) is 24.6 Å². The number of aliphatic hydroxyl groups is 1. The van der Waals surface area contributed by atoms with E-state index >= 15 is 0 Å². The number of nitrogens with two attached hydrogens (primary N) is 2. The van der Waals surface area contributed by atoms with Gasteiger partial charge in [0.15, 0.2) is 28.9 Å². The number of aromatic nitrogens is 8. The van der Waals surface area contributed by atoms with Crippen molar-refractivity contribution < 1.29 is 47.4 Å². The maximum atomic E-state index is 13.1. The van der Waals surface area contributed by atoms with Crippen molar-refractivity contribution >= 4 is 60.4 Å². The highest BCUT2D eigenvalue weighted by molar-refractivity contribution is 8.06. The molecule has 22 nitrogen and oxygen atoms in total. The Kier molecular flexibility index (Phi) is 8.39. The molecule has 6 heterocycles. The summed E-state index contributed by atoms with van der Waals surface area (Å²) in [7, 11) is -5.02. The van der Waals surface area contributed by atoms with Crippen molar-refractivity contribution in [2.45, 2.75) is 49.7 Å². The number of anilines is 2.